The number of halogens is 1. The Morgan fingerprint density at radius 3 is 2.83 bits per heavy atom. The summed E-state index contributed by atoms with van der Waals surface area (Å²) in [4.78, 5) is 0. The molecule has 2 rings (SSSR count). The molecule has 1 aromatic rings. The Labute approximate surface area is 85.3 Å². The van der Waals surface area contributed by atoms with Crippen molar-refractivity contribution < 1.29 is 0 Å². The molecule has 3 heteroatoms. The zero-order chi connectivity index (χ0) is 8.39. The van der Waals surface area contributed by atoms with E-state index >= 15 is 0 Å². The van der Waals surface area contributed by atoms with Gasteiger partial charge in [0.25, 0.3) is 0 Å². The summed E-state index contributed by atoms with van der Waals surface area (Å²) in [6, 6.07) is 0.789. The van der Waals surface area contributed by atoms with Crippen molar-refractivity contribution in [2.45, 2.75) is 31.8 Å². The Kier molecular flexibility index (Phi) is 2.84. The van der Waals surface area contributed by atoms with E-state index < -0.39 is 0 Å². The molecule has 0 atom stereocenters. The van der Waals surface area contributed by atoms with E-state index in [2.05, 4.69) is 32.0 Å². The van der Waals surface area contributed by atoms with Gasteiger partial charge in [-0.3, -0.25) is 0 Å². The minimum Gasteiger partial charge on any atom is -0.310 e. The zero-order valence-electron chi connectivity index (χ0n) is 6.85. The highest BCUT2D eigenvalue weighted by atomic mass is 79.9. The SMILES string of the molecule is Brc1cscc1CNC1CCC1. The second kappa shape index (κ2) is 3.90. The average Bonchev–Trinajstić information content (AvgIpc) is 2.33. The Morgan fingerprint density at radius 2 is 2.33 bits per heavy atom. The Morgan fingerprint density at radius 1 is 1.50 bits per heavy atom. The quantitative estimate of drug-likeness (QED) is 0.863. The average molecular weight is 246 g/mol. The fourth-order valence-corrected chi connectivity index (χ4v) is 2.74. The molecule has 0 radical (unpaired) electrons. The monoisotopic (exact) mass is 245 g/mol. The molecule has 12 heavy (non-hydrogen) atoms. The van der Waals surface area contributed by atoms with Crippen LogP contribution in [0.3, 0.4) is 0 Å². The van der Waals surface area contributed by atoms with Gasteiger partial charge in [0.2, 0.25) is 0 Å². The van der Waals surface area contributed by atoms with E-state index in [4.69, 9.17) is 0 Å². The molecule has 0 unspecified atom stereocenters. The number of hydrogen-bond acceptors (Lipinski definition) is 2. The number of hydrogen-bond donors (Lipinski definition) is 1. The molecule has 0 saturated heterocycles. The summed E-state index contributed by atoms with van der Waals surface area (Å²) in [6.45, 7) is 1.02. The molecule has 1 N–H and O–H groups in total. The van der Waals surface area contributed by atoms with E-state index in [1.54, 1.807) is 11.3 Å². The first-order chi connectivity index (χ1) is 5.86. The standard InChI is InChI=1S/C9H12BrNS/c10-9-6-12-5-7(9)4-11-8-2-1-3-8/h5-6,8,11H,1-4H2. The lowest BCUT2D eigenvalue weighted by Crippen LogP contribution is -2.34. The Balaban J connectivity index is 1.82. The van der Waals surface area contributed by atoms with Gasteiger partial charge in [-0.05, 0) is 39.7 Å². The lowest BCUT2D eigenvalue weighted by molar-refractivity contribution is 0.338. The molecular formula is C9H12BrNS. The van der Waals surface area contributed by atoms with Crippen LogP contribution >= 0.6 is 27.3 Å². The summed E-state index contributed by atoms with van der Waals surface area (Å²) in [6.07, 6.45) is 4.13. The number of thiophene rings is 1. The third kappa shape index (κ3) is 1.90. The molecule has 0 aromatic carbocycles. The van der Waals surface area contributed by atoms with Crippen LogP contribution < -0.4 is 5.32 Å². The zero-order valence-corrected chi connectivity index (χ0v) is 9.25. The summed E-state index contributed by atoms with van der Waals surface area (Å²) in [5.41, 5.74) is 1.40. The van der Waals surface area contributed by atoms with Crippen LogP contribution in [0.25, 0.3) is 0 Å². The molecule has 0 bridgehead atoms. The van der Waals surface area contributed by atoms with Gasteiger partial charge in [-0.1, -0.05) is 6.42 Å². The van der Waals surface area contributed by atoms with E-state index in [0.29, 0.717) is 0 Å². The minimum absolute atomic E-state index is 0.789. The highest BCUT2D eigenvalue weighted by Crippen LogP contribution is 2.23. The second-order valence-corrected chi connectivity index (χ2v) is 4.85. The van der Waals surface area contributed by atoms with Crippen LogP contribution in [0, 0.1) is 0 Å². The van der Waals surface area contributed by atoms with Crippen LogP contribution in [-0.4, -0.2) is 6.04 Å². The maximum Gasteiger partial charge on any atom is 0.0327 e. The molecule has 1 saturated carbocycles. The third-order valence-electron chi connectivity index (χ3n) is 2.37. The second-order valence-electron chi connectivity index (χ2n) is 3.25. The number of rotatable bonds is 3. The predicted octanol–water partition coefficient (Wildman–Crippen LogP) is 3.15. The van der Waals surface area contributed by atoms with E-state index in [-0.39, 0.29) is 0 Å². The van der Waals surface area contributed by atoms with Gasteiger partial charge in [-0.25, -0.2) is 0 Å². The molecule has 1 fully saturated rings. The molecule has 1 aliphatic carbocycles. The van der Waals surface area contributed by atoms with Crippen molar-refractivity contribution in [1.82, 2.24) is 5.32 Å². The van der Waals surface area contributed by atoms with Gasteiger partial charge in [-0.2, -0.15) is 11.3 Å². The molecule has 0 aliphatic heterocycles. The van der Waals surface area contributed by atoms with Crippen molar-refractivity contribution in [3.05, 3.63) is 20.8 Å². The van der Waals surface area contributed by atoms with Crippen LogP contribution in [0.4, 0.5) is 0 Å². The summed E-state index contributed by atoms with van der Waals surface area (Å²) in [5, 5.41) is 7.88. The van der Waals surface area contributed by atoms with E-state index in [1.165, 1.54) is 29.3 Å². The van der Waals surface area contributed by atoms with Crippen molar-refractivity contribution in [2.75, 3.05) is 0 Å². The topological polar surface area (TPSA) is 12.0 Å². The van der Waals surface area contributed by atoms with Crippen LogP contribution in [-0.2, 0) is 6.54 Å². The van der Waals surface area contributed by atoms with Crippen molar-refractivity contribution in [3.8, 4) is 0 Å². The maximum absolute atomic E-state index is 3.54. The fraction of sp³-hybridized carbons (Fsp3) is 0.556. The highest BCUT2D eigenvalue weighted by Gasteiger charge is 2.16. The lowest BCUT2D eigenvalue weighted by atomic mass is 9.93. The van der Waals surface area contributed by atoms with Gasteiger partial charge in [0.1, 0.15) is 0 Å². The molecule has 1 nitrogen and oxygen atoms in total. The van der Waals surface area contributed by atoms with Crippen molar-refractivity contribution >= 4 is 27.3 Å². The first kappa shape index (κ1) is 8.73. The third-order valence-corrected chi connectivity index (χ3v) is 4.21. The molecular weight excluding hydrogens is 234 g/mol. The van der Waals surface area contributed by atoms with Crippen molar-refractivity contribution in [1.29, 1.82) is 0 Å². The fourth-order valence-electron chi connectivity index (χ4n) is 1.30. The summed E-state index contributed by atoms with van der Waals surface area (Å²) < 4.78 is 1.25. The highest BCUT2D eigenvalue weighted by molar-refractivity contribution is 9.10. The van der Waals surface area contributed by atoms with E-state index in [9.17, 15) is 0 Å². The molecule has 1 aromatic heterocycles. The molecule has 1 aliphatic rings. The van der Waals surface area contributed by atoms with Crippen LogP contribution in [0.5, 0.6) is 0 Å². The first-order valence-electron chi connectivity index (χ1n) is 4.30. The summed E-state index contributed by atoms with van der Waals surface area (Å²) in [7, 11) is 0. The van der Waals surface area contributed by atoms with Gasteiger partial charge < -0.3 is 5.32 Å². The lowest BCUT2D eigenvalue weighted by Gasteiger charge is -2.26. The van der Waals surface area contributed by atoms with E-state index in [1.807, 2.05) is 0 Å². The Hall–Kier alpha value is 0.140. The predicted molar refractivity (Wildman–Crippen MR) is 56.5 cm³/mol. The molecule has 66 valence electrons. The molecule has 0 amide bonds. The van der Waals surface area contributed by atoms with Gasteiger partial charge in [0.15, 0.2) is 0 Å². The molecule has 0 spiro atoms. The summed E-state index contributed by atoms with van der Waals surface area (Å²) >= 11 is 5.28. The van der Waals surface area contributed by atoms with Crippen molar-refractivity contribution in [3.63, 3.8) is 0 Å². The maximum atomic E-state index is 3.54. The minimum atomic E-state index is 0.789. The Bertz CT molecular complexity index is 255. The first-order valence-corrected chi connectivity index (χ1v) is 6.04. The van der Waals surface area contributed by atoms with Gasteiger partial charge in [0, 0.05) is 22.4 Å². The van der Waals surface area contributed by atoms with Gasteiger partial charge in [-0.15, -0.1) is 0 Å². The van der Waals surface area contributed by atoms with Crippen LogP contribution in [0.2, 0.25) is 0 Å². The van der Waals surface area contributed by atoms with Crippen LogP contribution in [0.15, 0.2) is 15.2 Å². The van der Waals surface area contributed by atoms with E-state index in [0.717, 1.165) is 12.6 Å². The number of nitrogens with one attached hydrogen (secondary N) is 1. The van der Waals surface area contributed by atoms with Gasteiger partial charge >= 0.3 is 0 Å². The largest absolute Gasteiger partial charge is 0.310 e. The summed E-state index contributed by atoms with van der Waals surface area (Å²) in [5.74, 6) is 0. The smallest absolute Gasteiger partial charge is 0.0327 e. The van der Waals surface area contributed by atoms with Crippen LogP contribution in [0.1, 0.15) is 24.8 Å². The van der Waals surface area contributed by atoms with Gasteiger partial charge in [0.05, 0.1) is 0 Å². The van der Waals surface area contributed by atoms with Crippen molar-refractivity contribution in [2.24, 2.45) is 0 Å². The normalized spacial score (nSPS) is 17.8. The molecule has 1 heterocycles.